The Morgan fingerprint density at radius 1 is 0.864 bits per heavy atom. The molecular weight excluding hydrogens is 272 g/mol. The van der Waals surface area contributed by atoms with Gasteiger partial charge in [-0.15, -0.1) is 0 Å². The summed E-state index contributed by atoms with van der Waals surface area (Å²) in [6, 6.07) is 18.1. The van der Waals surface area contributed by atoms with Gasteiger partial charge < -0.3 is 4.74 Å². The number of ether oxygens (including phenoxy) is 1. The van der Waals surface area contributed by atoms with Gasteiger partial charge in [-0.1, -0.05) is 36.4 Å². The maximum absolute atomic E-state index is 12.2. The van der Waals surface area contributed by atoms with Gasteiger partial charge in [-0.25, -0.2) is 0 Å². The second kappa shape index (κ2) is 4.85. The third kappa shape index (κ3) is 1.92. The summed E-state index contributed by atoms with van der Waals surface area (Å²) in [5.74, 6) is 0.895. The fraction of sp³-hybridized carbons (Fsp3) is 0.0500. The molecule has 0 radical (unpaired) electrons. The Hall–Kier alpha value is -2.87. The molecule has 0 saturated carbocycles. The van der Waals surface area contributed by atoms with E-state index in [2.05, 4.69) is 12.1 Å². The van der Waals surface area contributed by atoms with E-state index in [1.165, 1.54) is 0 Å². The van der Waals surface area contributed by atoms with Crippen LogP contribution in [0.5, 0.6) is 5.75 Å². The number of carbonyl (C=O) groups excluding carboxylic acids is 1. The van der Waals surface area contributed by atoms with Crippen molar-refractivity contribution in [3.8, 4) is 16.9 Å². The highest BCUT2D eigenvalue weighted by Gasteiger charge is 2.16. The van der Waals surface area contributed by atoms with Gasteiger partial charge in [0.2, 0.25) is 0 Å². The van der Waals surface area contributed by atoms with Gasteiger partial charge in [0, 0.05) is 10.9 Å². The molecule has 106 valence electrons. The molecule has 0 N–H and O–H groups in total. The van der Waals surface area contributed by atoms with Crippen LogP contribution in [0.15, 0.2) is 60.7 Å². The van der Waals surface area contributed by atoms with E-state index in [0.29, 0.717) is 0 Å². The van der Waals surface area contributed by atoms with Crippen molar-refractivity contribution in [3.05, 3.63) is 71.8 Å². The number of methoxy groups -OCH3 is 1. The summed E-state index contributed by atoms with van der Waals surface area (Å²) in [7, 11) is 1.65. The molecule has 0 aliphatic heterocycles. The Morgan fingerprint density at radius 3 is 2.45 bits per heavy atom. The van der Waals surface area contributed by atoms with Gasteiger partial charge in [-0.05, 0) is 52.4 Å². The molecule has 0 aromatic heterocycles. The van der Waals surface area contributed by atoms with Crippen molar-refractivity contribution in [3.63, 3.8) is 0 Å². The van der Waals surface area contributed by atoms with E-state index < -0.39 is 0 Å². The lowest BCUT2D eigenvalue weighted by atomic mass is 9.89. The van der Waals surface area contributed by atoms with Gasteiger partial charge in [0.05, 0.1) is 7.11 Å². The van der Waals surface area contributed by atoms with Crippen LogP contribution in [-0.4, -0.2) is 12.9 Å². The fourth-order valence-electron chi connectivity index (χ4n) is 3.00. The largest absolute Gasteiger partial charge is 0.497 e. The van der Waals surface area contributed by atoms with Crippen LogP contribution in [0.2, 0.25) is 0 Å². The van der Waals surface area contributed by atoms with Crippen molar-refractivity contribution in [2.45, 2.75) is 0 Å². The van der Waals surface area contributed by atoms with Crippen molar-refractivity contribution in [2.24, 2.45) is 0 Å². The minimum Gasteiger partial charge on any atom is -0.497 e. The van der Waals surface area contributed by atoms with Crippen molar-refractivity contribution in [1.82, 2.24) is 0 Å². The fourth-order valence-corrected chi connectivity index (χ4v) is 3.00. The van der Waals surface area contributed by atoms with E-state index in [9.17, 15) is 4.79 Å². The summed E-state index contributed by atoms with van der Waals surface area (Å²) in [5.41, 5.74) is 4.01. The van der Waals surface area contributed by atoms with E-state index in [4.69, 9.17) is 4.74 Å². The van der Waals surface area contributed by atoms with Crippen LogP contribution in [0.4, 0.5) is 0 Å². The molecule has 22 heavy (non-hydrogen) atoms. The highest BCUT2D eigenvalue weighted by molar-refractivity contribution is 6.20. The topological polar surface area (TPSA) is 26.3 Å². The molecule has 1 aliphatic rings. The van der Waals surface area contributed by atoms with Crippen molar-refractivity contribution in [1.29, 1.82) is 0 Å². The number of carbonyl (C=O) groups is 1. The zero-order valence-corrected chi connectivity index (χ0v) is 12.2. The zero-order chi connectivity index (χ0) is 15.1. The number of hydrogen-bond acceptors (Lipinski definition) is 2. The molecule has 0 saturated heterocycles. The van der Waals surface area contributed by atoms with Gasteiger partial charge in [0.1, 0.15) is 5.75 Å². The molecular formula is C20H14O2. The van der Waals surface area contributed by atoms with Gasteiger partial charge in [-0.2, -0.15) is 0 Å². The Kier molecular flexibility index (Phi) is 2.83. The average molecular weight is 286 g/mol. The summed E-state index contributed by atoms with van der Waals surface area (Å²) in [6.07, 6.45) is 3.54. The summed E-state index contributed by atoms with van der Waals surface area (Å²) in [6.45, 7) is 0. The summed E-state index contributed by atoms with van der Waals surface area (Å²) in [4.78, 5) is 12.2. The van der Waals surface area contributed by atoms with Crippen LogP contribution in [0.1, 0.15) is 15.9 Å². The lowest BCUT2D eigenvalue weighted by molar-refractivity contribution is 0.104. The van der Waals surface area contributed by atoms with Gasteiger partial charge in [-0.3, -0.25) is 4.79 Å². The molecule has 0 atom stereocenters. The van der Waals surface area contributed by atoms with Gasteiger partial charge in [0.25, 0.3) is 0 Å². The number of allylic oxidation sites excluding steroid dienone is 1. The molecule has 0 spiro atoms. The van der Waals surface area contributed by atoms with Crippen molar-refractivity contribution < 1.29 is 9.53 Å². The summed E-state index contributed by atoms with van der Waals surface area (Å²) >= 11 is 0. The van der Waals surface area contributed by atoms with Crippen LogP contribution in [-0.2, 0) is 0 Å². The van der Waals surface area contributed by atoms with Gasteiger partial charge in [0.15, 0.2) is 5.78 Å². The smallest absolute Gasteiger partial charge is 0.186 e. The molecule has 3 aromatic carbocycles. The van der Waals surface area contributed by atoms with Crippen molar-refractivity contribution in [2.75, 3.05) is 7.11 Å². The van der Waals surface area contributed by atoms with Crippen LogP contribution in [0.3, 0.4) is 0 Å². The van der Waals surface area contributed by atoms with Crippen LogP contribution in [0, 0.1) is 0 Å². The molecule has 0 amide bonds. The van der Waals surface area contributed by atoms with Crippen molar-refractivity contribution >= 4 is 22.6 Å². The van der Waals surface area contributed by atoms with Crippen LogP contribution >= 0.6 is 0 Å². The normalized spacial score (nSPS) is 12.7. The third-order valence-electron chi connectivity index (χ3n) is 4.11. The number of hydrogen-bond donors (Lipinski definition) is 0. The minimum atomic E-state index is 0.0686. The maximum atomic E-state index is 12.2. The van der Waals surface area contributed by atoms with Crippen LogP contribution in [0.25, 0.3) is 28.0 Å². The van der Waals surface area contributed by atoms with E-state index in [1.54, 1.807) is 13.2 Å². The average Bonchev–Trinajstić information content (AvgIpc) is 2.58. The summed E-state index contributed by atoms with van der Waals surface area (Å²) in [5, 5.41) is 2.14. The molecule has 3 aromatic rings. The first-order valence-electron chi connectivity index (χ1n) is 7.20. The molecule has 0 fully saturated rings. The quantitative estimate of drug-likeness (QED) is 0.681. The minimum absolute atomic E-state index is 0.0686. The first-order valence-corrected chi connectivity index (χ1v) is 7.20. The standard InChI is InChI=1S/C20H14O2/c1-22-17-8-5-13(6-9-17)16-11-15-4-2-3-14-7-10-19(21)18(12-16)20(14)15/h2-12H,1H3. The second-order valence-electron chi connectivity index (χ2n) is 5.40. The number of ketones is 1. The number of benzene rings is 3. The Labute approximate surface area is 128 Å². The van der Waals surface area contributed by atoms with E-state index in [1.807, 2.05) is 48.5 Å². The Bertz CT molecular complexity index is 918. The molecule has 1 aliphatic carbocycles. The van der Waals surface area contributed by atoms with E-state index >= 15 is 0 Å². The predicted octanol–water partition coefficient (Wildman–Crippen LogP) is 4.72. The first kappa shape index (κ1) is 12.8. The lowest BCUT2D eigenvalue weighted by Gasteiger charge is -2.14. The van der Waals surface area contributed by atoms with Gasteiger partial charge >= 0.3 is 0 Å². The monoisotopic (exact) mass is 286 g/mol. The number of rotatable bonds is 2. The molecule has 0 unspecified atom stereocenters. The predicted molar refractivity (Wildman–Crippen MR) is 89.3 cm³/mol. The maximum Gasteiger partial charge on any atom is 0.186 e. The molecule has 0 heterocycles. The first-order chi connectivity index (χ1) is 10.8. The highest BCUT2D eigenvalue weighted by Crippen LogP contribution is 2.33. The Morgan fingerprint density at radius 2 is 1.68 bits per heavy atom. The molecule has 2 nitrogen and oxygen atoms in total. The third-order valence-corrected chi connectivity index (χ3v) is 4.11. The molecule has 4 rings (SSSR count). The second-order valence-corrected chi connectivity index (χ2v) is 5.40. The Balaban J connectivity index is 1.95. The van der Waals surface area contributed by atoms with E-state index in [0.717, 1.165) is 38.8 Å². The molecule has 2 heteroatoms. The zero-order valence-electron chi connectivity index (χ0n) is 12.2. The lowest BCUT2D eigenvalue weighted by Crippen LogP contribution is -2.02. The summed E-state index contributed by atoms with van der Waals surface area (Å²) < 4.78 is 5.20. The SMILES string of the molecule is COc1ccc(-c2cc3c4c(cccc4c2)C=CC3=O)cc1. The van der Waals surface area contributed by atoms with Crippen LogP contribution < -0.4 is 4.74 Å². The van der Waals surface area contributed by atoms with E-state index in [-0.39, 0.29) is 5.78 Å². The molecule has 0 bridgehead atoms. The highest BCUT2D eigenvalue weighted by atomic mass is 16.5.